The van der Waals surface area contributed by atoms with Gasteiger partial charge in [-0.25, -0.2) is 4.79 Å². The Morgan fingerprint density at radius 3 is 2.86 bits per heavy atom. The van der Waals surface area contributed by atoms with E-state index in [0.29, 0.717) is 26.0 Å². The molecule has 1 rings (SSSR count). The zero-order valence-corrected chi connectivity index (χ0v) is 8.23. The molecule has 0 bridgehead atoms. The average molecular weight is 201 g/mol. The molecule has 0 saturated carbocycles. The van der Waals surface area contributed by atoms with Crippen molar-refractivity contribution in [3.63, 3.8) is 0 Å². The maximum atomic E-state index is 11.3. The molecule has 1 amide bonds. The molecule has 1 aliphatic heterocycles. The molecule has 1 fully saturated rings. The Kier molecular flexibility index (Phi) is 3.88. The van der Waals surface area contributed by atoms with Crippen molar-refractivity contribution in [3.8, 4) is 0 Å². The summed E-state index contributed by atoms with van der Waals surface area (Å²) >= 11 is 0. The molecule has 1 N–H and O–H groups in total. The smallest absolute Gasteiger partial charge is 0.326 e. The number of carboxylic acid groups (broad SMARTS) is 1. The minimum absolute atomic E-state index is 0.0616. The first kappa shape index (κ1) is 11.0. The van der Waals surface area contributed by atoms with Gasteiger partial charge in [-0.2, -0.15) is 0 Å². The topological polar surface area (TPSA) is 66.8 Å². The highest BCUT2D eigenvalue weighted by atomic mass is 16.5. The lowest BCUT2D eigenvalue weighted by molar-refractivity contribution is -0.149. The number of hydrogen-bond acceptors (Lipinski definition) is 3. The molecule has 5 heteroatoms. The Bertz CT molecular complexity index is 229. The fourth-order valence-corrected chi connectivity index (χ4v) is 1.64. The van der Waals surface area contributed by atoms with E-state index in [9.17, 15) is 9.59 Å². The molecular weight excluding hydrogens is 186 g/mol. The van der Waals surface area contributed by atoms with E-state index in [4.69, 9.17) is 9.84 Å². The first-order chi connectivity index (χ1) is 6.66. The Balaban J connectivity index is 2.57. The highest BCUT2D eigenvalue weighted by Gasteiger charge is 2.32. The van der Waals surface area contributed by atoms with Gasteiger partial charge in [0.25, 0.3) is 0 Å². The maximum absolute atomic E-state index is 11.3. The predicted octanol–water partition coefficient (Wildman–Crippen LogP) is 0.0985. The number of carbonyl (C=O) groups excluding carboxylic acids is 1. The van der Waals surface area contributed by atoms with Crippen molar-refractivity contribution in [2.45, 2.75) is 25.3 Å². The van der Waals surface area contributed by atoms with Crippen LogP contribution >= 0.6 is 0 Å². The van der Waals surface area contributed by atoms with Gasteiger partial charge in [0.2, 0.25) is 5.91 Å². The third-order valence-corrected chi connectivity index (χ3v) is 2.37. The summed E-state index contributed by atoms with van der Waals surface area (Å²) in [6.45, 7) is 0.917. The monoisotopic (exact) mass is 201 g/mol. The van der Waals surface area contributed by atoms with Gasteiger partial charge in [-0.3, -0.25) is 4.79 Å². The van der Waals surface area contributed by atoms with Crippen molar-refractivity contribution < 1.29 is 19.4 Å². The molecule has 0 spiro atoms. The van der Waals surface area contributed by atoms with E-state index in [-0.39, 0.29) is 5.91 Å². The Hall–Kier alpha value is -1.10. The van der Waals surface area contributed by atoms with Crippen molar-refractivity contribution in [2.24, 2.45) is 0 Å². The van der Waals surface area contributed by atoms with Gasteiger partial charge in [-0.1, -0.05) is 0 Å². The highest BCUT2D eigenvalue weighted by Crippen LogP contribution is 2.15. The molecule has 14 heavy (non-hydrogen) atoms. The molecule has 5 nitrogen and oxygen atoms in total. The second kappa shape index (κ2) is 4.95. The van der Waals surface area contributed by atoms with Gasteiger partial charge in [0.1, 0.15) is 6.04 Å². The van der Waals surface area contributed by atoms with Crippen LogP contribution in [-0.4, -0.2) is 48.2 Å². The van der Waals surface area contributed by atoms with Crippen LogP contribution in [0.15, 0.2) is 0 Å². The van der Waals surface area contributed by atoms with Crippen LogP contribution in [0.1, 0.15) is 19.3 Å². The number of ether oxygens (including phenoxy) is 1. The fourth-order valence-electron chi connectivity index (χ4n) is 1.64. The van der Waals surface area contributed by atoms with E-state index in [1.165, 1.54) is 12.0 Å². The number of carbonyl (C=O) groups is 2. The number of nitrogens with zero attached hydrogens (tertiary/aromatic N) is 1. The first-order valence-corrected chi connectivity index (χ1v) is 4.68. The van der Waals surface area contributed by atoms with Crippen molar-refractivity contribution in [3.05, 3.63) is 0 Å². The van der Waals surface area contributed by atoms with Gasteiger partial charge in [-0.15, -0.1) is 0 Å². The quantitative estimate of drug-likeness (QED) is 0.685. The van der Waals surface area contributed by atoms with Crippen molar-refractivity contribution >= 4 is 11.9 Å². The number of aliphatic carboxylic acids is 1. The van der Waals surface area contributed by atoms with Crippen LogP contribution in [0.5, 0.6) is 0 Å². The molecule has 1 heterocycles. The lowest BCUT2D eigenvalue weighted by atomic mass is 10.2. The van der Waals surface area contributed by atoms with E-state index < -0.39 is 12.0 Å². The normalized spacial score (nSPS) is 18.6. The van der Waals surface area contributed by atoms with Crippen molar-refractivity contribution in [1.29, 1.82) is 0 Å². The van der Waals surface area contributed by atoms with Gasteiger partial charge in [0.15, 0.2) is 0 Å². The molecule has 0 aromatic heterocycles. The molecule has 80 valence electrons. The molecular formula is C9H15NO4. The highest BCUT2D eigenvalue weighted by molar-refractivity contribution is 5.84. The number of carboxylic acids is 1. The van der Waals surface area contributed by atoms with E-state index in [2.05, 4.69) is 0 Å². The van der Waals surface area contributed by atoms with E-state index in [1.807, 2.05) is 0 Å². The lowest BCUT2D eigenvalue weighted by Gasteiger charge is -2.23. The van der Waals surface area contributed by atoms with E-state index in [0.717, 1.165) is 6.42 Å². The predicted molar refractivity (Wildman–Crippen MR) is 48.9 cm³/mol. The Labute approximate surface area is 82.6 Å². The van der Waals surface area contributed by atoms with Crippen LogP contribution in [0, 0.1) is 0 Å². The third kappa shape index (κ3) is 2.45. The summed E-state index contributed by atoms with van der Waals surface area (Å²) in [6.07, 6.45) is 1.59. The van der Waals surface area contributed by atoms with Crippen LogP contribution in [-0.2, 0) is 14.3 Å². The minimum Gasteiger partial charge on any atom is -0.480 e. The fraction of sp³-hybridized carbons (Fsp3) is 0.778. The summed E-state index contributed by atoms with van der Waals surface area (Å²) in [5, 5.41) is 8.93. The molecule has 0 aromatic carbocycles. The molecule has 1 atom stereocenters. The molecule has 1 aliphatic rings. The summed E-state index contributed by atoms with van der Waals surface area (Å²) < 4.78 is 4.82. The average Bonchev–Trinajstić information content (AvgIpc) is 2.52. The van der Waals surface area contributed by atoms with Gasteiger partial charge in [0, 0.05) is 33.1 Å². The number of likely N-dealkylation sites (tertiary alicyclic amines) is 1. The molecule has 1 saturated heterocycles. The number of hydrogen-bond donors (Lipinski definition) is 1. The van der Waals surface area contributed by atoms with Gasteiger partial charge in [0.05, 0.1) is 0 Å². The first-order valence-electron chi connectivity index (χ1n) is 4.68. The summed E-state index contributed by atoms with van der Waals surface area (Å²) in [6, 6.07) is -0.718. The summed E-state index contributed by atoms with van der Waals surface area (Å²) in [7, 11) is 1.52. The SMILES string of the molecule is COCCC(C(=O)O)N1CCCC1=O. The molecule has 1 unspecified atom stereocenters. The van der Waals surface area contributed by atoms with Crippen LogP contribution in [0.3, 0.4) is 0 Å². The Morgan fingerprint density at radius 1 is 1.71 bits per heavy atom. The standard InChI is InChI=1S/C9H15NO4/c1-14-6-4-7(9(12)13)10-5-2-3-8(10)11/h7H,2-6H2,1H3,(H,12,13). The minimum atomic E-state index is -0.947. The second-order valence-corrected chi connectivity index (χ2v) is 3.33. The van der Waals surface area contributed by atoms with E-state index >= 15 is 0 Å². The number of amides is 1. The van der Waals surface area contributed by atoms with E-state index in [1.54, 1.807) is 0 Å². The molecule has 0 aliphatic carbocycles. The zero-order valence-electron chi connectivity index (χ0n) is 8.23. The molecule has 0 radical (unpaired) electrons. The van der Waals surface area contributed by atoms with Gasteiger partial charge >= 0.3 is 5.97 Å². The maximum Gasteiger partial charge on any atom is 0.326 e. The summed E-state index contributed by atoms with van der Waals surface area (Å²) in [5.41, 5.74) is 0. The van der Waals surface area contributed by atoms with Crippen molar-refractivity contribution in [2.75, 3.05) is 20.3 Å². The van der Waals surface area contributed by atoms with Crippen molar-refractivity contribution in [1.82, 2.24) is 4.90 Å². The number of methoxy groups -OCH3 is 1. The summed E-state index contributed by atoms with van der Waals surface area (Å²) in [5.74, 6) is -1.01. The van der Waals surface area contributed by atoms with Crippen LogP contribution < -0.4 is 0 Å². The second-order valence-electron chi connectivity index (χ2n) is 3.33. The third-order valence-electron chi connectivity index (χ3n) is 2.37. The molecule has 0 aromatic rings. The zero-order chi connectivity index (χ0) is 10.6. The lowest BCUT2D eigenvalue weighted by Crippen LogP contribution is -2.42. The summed E-state index contributed by atoms with van der Waals surface area (Å²) in [4.78, 5) is 23.6. The van der Waals surface area contributed by atoms with Gasteiger partial charge < -0.3 is 14.7 Å². The largest absolute Gasteiger partial charge is 0.480 e. The van der Waals surface area contributed by atoms with Gasteiger partial charge in [-0.05, 0) is 6.42 Å². The van der Waals surface area contributed by atoms with Crippen LogP contribution in [0.4, 0.5) is 0 Å². The Morgan fingerprint density at radius 2 is 2.43 bits per heavy atom. The van der Waals surface area contributed by atoms with Crippen LogP contribution in [0.2, 0.25) is 0 Å². The number of rotatable bonds is 5. The van der Waals surface area contributed by atoms with Crippen LogP contribution in [0.25, 0.3) is 0 Å².